The fraction of sp³-hybridized carbons (Fsp3) is 0.932. The summed E-state index contributed by atoms with van der Waals surface area (Å²) < 4.78 is 22.1. The molecule has 1 N–H and O–H groups in total. The summed E-state index contributed by atoms with van der Waals surface area (Å²) in [5.41, 5.74) is -9.27. The first-order chi connectivity index (χ1) is 61.0. The molecule has 750 valence electrons. The van der Waals surface area contributed by atoms with Crippen LogP contribution in [-0.4, -0.2) is 59.4 Å². The summed E-state index contributed by atoms with van der Waals surface area (Å²) in [6.07, 6.45) is 107. The zero-order valence-electron chi connectivity index (χ0n) is 83.8. The minimum Gasteiger partial charge on any atom is -0.793 e. The first-order valence-corrected chi connectivity index (χ1v) is 70.7. The fourth-order valence-corrected chi connectivity index (χ4v) is 28.7. The molecule has 4 unspecified atom stereocenters. The van der Waals surface area contributed by atoms with E-state index < -0.39 is 22.8 Å². The van der Waals surface area contributed by atoms with Gasteiger partial charge >= 0.3 is 21.1 Å². The van der Waals surface area contributed by atoms with Crippen molar-refractivity contribution in [1.82, 2.24) is 9.97 Å². The van der Waals surface area contributed by atoms with E-state index in [2.05, 4.69) is 65.4 Å². The number of nitrogens with zero attached hydrogens (tertiary/aromatic N) is 1. The van der Waals surface area contributed by atoms with Gasteiger partial charge in [-0.2, -0.15) is 0 Å². The van der Waals surface area contributed by atoms with Crippen LogP contribution in [0.5, 0.6) is 0 Å². The summed E-state index contributed by atoms with van der Waals surface area (Å²) in [4.78, 5) is 56.2. The van der Waals surface area contributed by atoms with Gasteiger partial charge in [0.15, 0.2) is 0 Å². The van der Waals surface area contributed by atoms with E-state index in [0.717, 1.165) is 85.4 Å². The maximum atomic E-state index is 12.3. The average molecular weight is 2080 g/mol. The van der Waals surface area contributed by atoms with Crippen molar-refractivity contribution in [3.05, 3.63) is 30.6 Å². The van der Waals surface area contributed by atoms with Gasteiger partial charge in [0, 0.05) is 22.8 Å². The molecule has 0 amide bonds. The zero-order valence-corrected chi connectivity index (χ0v) is 95.9. The largest absolute Gasteiger partial charge is 4.00 e. The Balaban J connectivity index is -0.000000756. The van der Waals surface area contributed by atoms with Crippen molar-refractivity contribution in [2.75, 3.05) is 49.4 Å². The van der Waals surface area contributed by atoms with Crippen molar-refractivity contribution in [1.29, 1.82) is 0 Å². The van der Waals surface area contributed by atoms with Gasteiger partial charge in [-0.1, -0.05) is 577 Å². The molecule has 0 saturated carbocycles. The molecule has 1 aromatic carbocycles. The fourth-order valence-electron chi connectivity index (χ4n) is 15.2. The Bertz CT molecular complexity index is 2160. The molecule has 0 bridgehead atoms. The molecule has 0 aliphatic rings. The van der Waals surface area contributed by atoms with Gasteiger partial charge in [0.05, 0.1) is 43.8 Å². The summed E-state index contributed by atoms with van der Waals surface area (Å²) in [7, 11) is 0. The van der Waals surface area contributed by atoms with Crippen LogP contribution in [0.3, 0.4) is 0 Å². The van der Waals surface area contributed by atoms with Crippen LogP contribution >= 0.6 is 68.3 Å². The standard InChI is InChI=1S/4C24H51O2PS2.C7H6N2.Mo/c4*1-3-5-7-9-11-13-15-17-19-21-23-26-27(25,28)29-24-22-20-18-16-14-12-10-8-6-4-2;1-2-4-7-6(3-1)8-5-9-7;/h4*3-24H2,1-2H3,(H,25,28);1-5H,(H,8,9);/q;;;;;+4/p-4. The molecule has 126 heavy (non-hydrogen) atoms. The van der Waals surface area contributed by atoms with E-state index in [9.17, 15) is 19.6 Å². The predicted octanol–water partition coefficient (Wildman–Crippen LogP) is 38.2. The summed E-state index contributed by atoms with van der Waals surface area (Å²) in [5.74, 6) is 3.54. The average Bonchev–Trinajstić information content (AvgIpc) is 1.74. The van der Waals surface area contributed by atoms with E-state index >= 15 is 0 Å². The smallest absolute Gasteiger partial charge is 0.793 e. The number of fused-ring (bicyclic) bond motifs is 1. The van der Waals surface area contributed by atoms with E-state index in [-0.39, 0.29) is 21.1 Å². The normalized spacial score (nSPS) is 13.3. The summed E-state index contributed by atoms with van der Waals surface area (Å²) in [6, 6.07) is 7.94. The minimum atomic E-state index is -2.85. The molecule has 0 spiro atoms. The van der Waals surface area contributed by atoms with E-state index in [1.165, 1.54) is 508 Å². The Kier molecular flexibility index (Phi) is 120. The molecule has 2 rings (SSSR count). The Morgan fingerprint density at radius 3 is 0.532 bits per heavy atom. The Morgan fingerprint density at radius 1 is 0.230 bits per heavy atom. The molecule has 0 aliphatic heterocycles. The molecule has 2 aromatic rings. The molecule has 23 heteroatoms. The monoisotopic (exact) mass is 2080 g/mol. The van der Waals surface area contributed by atoms with Gasteiger partial charge < -0.3 is 42.7 Å². The van der Waals surface area contributed by atoms with E-state index in [1.54, 1.807) is 6.33 Å². The number of imidazole rings is 1. The van der Waals surface area contributed by atoms with E-state index in [1.807, 2.05) is 24.3 Å². The third-order valence-electron chi connectivity index (χ3n) is 23.3. The van der Waals surface area contributed by atoms with Crippen molar-refractivity contribution in [2.45, 2.75) is 569 Å². The second kappa shape index (κ2) is 112. The van der Waals surface area contributed by atoms with Crippen LogP contribution in [0.4, 0.5) is 0 Å². The number of hydrogen-bond acceptors (Lipinski definition) is 17. The number of aromatic amines is 1. The number of para-hydroxylation sites is 2. The molecule has 0 saturated heterocycles. The van der Waals surface area contributed by atoms with Crippen molar-refractivity contribution in [3.63, 3.8) is 0 Å². The van der Waals surface area contributed by atoms with Crippen molar-refractivity contribution >= 4 is 127 Å². The van der Waals surface area contributed by atoms with Crippen molar-refractivity contribution in [2.24, 2.45) is 0 Å². The molecular weight excluding hydrogens is 1870 g/mol. The van der Waals surface area contributed by atoms with E-state index in [0.29, 0.717) is 26.4 Å². The topological polar surface area (TPSA) is 158 Å². The Hall–Kier alpha value is 3.06. The molecular formula is C103H206MoN2O8P4S8. The van der Waals surface area contributed by atoms with Crippen LogP contribution in [0, 0.1) is 0 Å². The number of hydrogen-bond donors (Lipinski definition) is 1. The third-order valence-corrected chi connectivity index (χ3v) is 40.8. The second-order valence-corrected chi connectivity index (χ2v) is 60.5. The van der Waals surface area contributed by atoms with Crippen molar-refractivity contribution in [3.8, 4) is 0 Å². The van der Waals surface area contributed by atoms with Gasteiger partial charge in [0.1, 0.15) is 0 Å². The van der Waals surface area contributed by atoms with Gasteiger partial charge in [0.2, 0.25) is 0 Å². The van der Waals surface area contributed by atoms with Crippen LogP contribution in [0.25, 0.3) is 11.0 Å². The van der Waals surface area contributed by atoms with Crippen LogP contribution in [-0.2, 0) is 86.4 Å². The van der Waals surface area contributed by atoms with Gasteiger partial charge in [-0.15, -0.1) is 45.5 Å². The predicted molar refractivity (Wildman–Crippen MR) is 582 cm³/mol. The first kappa shape index (κ1) is 135. The number of rotatable bonds is 96. The summed E-state index contributed by atoms with van der Waals surface area (Å²) >= 11 is 26.3. The van der Waals surface area contributed by atoms with Crippen LogP contribution < -0.4 is 19.6 Å². The van der Waals surface area contributed by atoms with Crippen molar-refractivity contribution < 1.29 is 58.7 Å². The molecule has 0 fully saturated rings. The Morgan fingerprint density at radius 2 is 0.373 bits per heavy atom. The summed E-state index contributed by atoms with van der Waals surface area (Å²) in [6.45, 7) is 20.4. The van der Waals surface area contributed by atoms with E-state index in [4.69, 9.17) is 65.3 Å². The quantitative estimate of drug-likeness (QED) is 0.0378. The molecule has 10 nitrogen and oxygen atoms in total. The van der Waals surface area contributed by atoms with Crippen LogP contribution in [0.15, 0.2) is 30.6 Å². The SMILES string of the molecule is CCCCCCCCCCCCOP([O-])(=S)SCCCCCCCCCCCC.CCCCCCCCCCCCOP([O-])(=S)SCCCCCCCCCCCC.CCCCCCCCCCCCOP([O-])(=S)SCCCCCCCCCCCC.CCCCCCCCCCCCOP([O-])(=S)SCCCCCCCCCCCC.[Mo+4].c1ccc2[nH]cnc2c1. The van der Waals surface area contributed by atoms with Gasteiger partial charge in [-0.25, -0.2) is 4.98 Å². The Labute approximate surface area is 836 Å². The maximum Gasteiger partial charge on any atom is 4.00 e. The molecule has 0 radical (unpaired) electrons. The molecule has 4 atom stereocenters. The number of H-pyrrole nitrogens is 1. The summed E-state index contributed by atoms with van der Waals surface area (Å²) in [5, 5.41) is 0. The van der Waals surface area contributed by atoms with Gasteiger partial charge in [0.25, 0.3) is 0 Å². The number of aromatic nitrogens is 2. The molecule has 0 aliphatic carbocycles. The van der Waals surface area contributed by atoms with Gasteiger partial charge in [-0.05, 0) is 86.5 Å². The first-order valence-electron chi connectivity index (χ1n) is 53.7. The molecule has 1 aromatic heterocycles. The maximum absolute atomic E-state index is 12.3. The number of unbranched alkanes of at least 4 members (excludes halogenated alkanes) is 72. The number of benzene rings is 1. The second-order valence-electron chi connectivity index (χ2n) is 35.8. The van der Waals surface area contributed by atoms with Crippen LogP contribution in [0.2, 0.25) is 0 Å². The zero-order chi connectivity index (χ0) is 92.0. The third kappa shape index (κ3) is 116. The minimum absolute atomic E-state index is 0. The van der Waals surface area contributed by atoms with Gasteiger partial charge in [-0.3, -0.25) is 0 Å². The number of nitrogens with one attached hydrogen (secondary N) is 1. The van der Waals surface area contributed by atoms with Crippen LogP contribution in [0.1, 0.15) is 569 Å². The molecule has 1 heterocycles.